The summed E-state index contributed by atoms with van der Waals surface area (Å²) < 4.78 is 0. The average molecular weight is 287 g/mol. The van der Waals surface area contributed by atoms with E-state index in [2.05, 4.69) is 37.9 Å². The minimum absolute atomic E-state index is 0.775. The van der Waals surface area contributed by atoms with E-state index >= 15 is 0 Å². The number of hydrogen-bond acceptors (Lipinski definition) is 2. The highest BCUT2D eigenvalue weighted by atomic mass is 15.2. The Morgan fingerprint density at radius 1 is 0.900 bits per heavy atom. The summed E-state index contributed by atoms with van der Waals surface area (Å²) in [6.07, 6.45) is 4.22. The molecule has 1 unspecified atom stereocenters. The Labute approximate surface area is 129 Å². The third-order valence-electron chi connectivity index (χ3n) is 3.91. The minimum Gasteiger partial charge on any atom is -0.316 e. The van der Waals surface area contributed by atoms with Gasteiger partial charge in [0, 0.05) is 6.04 Å². The second kappa shape index (κ2) is 15.3. The van der Waals surface area contributed by atoms with Gasteiger partial charge in [-0.15, -0.1) is 0 Å². The zero-order valence-electron chi connectivity index (χ0n) is 15.6. The summed E-state index contributed by atoms with van der Waals surface area (Å²) in [6, 6.07) is 0.775. The Morgan fingerprint density at radius 3 is 1.60 bits per heavy atom. The summed E-state index contributed by atoms with van der Waals surface area (Å²) in [4.78, 5) is 2.53. The van der Waals surface area contributed by atoms with E-state index in [0.717, 1.165) is 17.9 Å². The van der Waals surface area contributed by atoms with Gasteiger partial charge in [0.05, 0.1) is 0 Å². The minimum atomic E-state index is 0.775. The van der Waals surface area contributed by atoms with Crippen molar-refractivity contribution in [3.63, 3.8) is 0 Å². The Balaban J connectivity index is 0. The molecule has 0 bridgehead atoms. The predicted molar refractivity (Wildman–Crippen MR) is 94.5 cm³/mol. The Morgan fingerprint density at radius 2 is 1.40 bits per heavy atom. The van der Waals surface area contributed by atoms with Crippen LogP contribution in [0.5, 0.6) is 0 Å². The van der Waals surface area contributed by atoms with Crippen molar-refractivity contribution in [2.45, 2.75) is 80.7 Å². The third kappa shape index (κ3) is 10.7. The maximum Gasteiger partial charge on any atom is 0.00385 e. The van der Waals surface area contributed by atoms with Gasteiger partial charge in [-0.25, -0.2) is 0 Å². The van der Waals surface area contributed by atoms with Crippen molar-refractivity contribution in [1.82, 2.24) is 10.2 Å². The molecule has 2 heterocycles. The molecule has 0 saturated carbocycles. The molecule has 2 nitrogen and oxygen atoms in total. The van der Waals surface area contributed by atoms with Gasteiger partial charge in [-0.2, -0.15) is 0 Å². The van der Waals surface area contributed by atoms with Crippen LogP contribution < -0.4 is 5.32 Å². The summed E-state index contributed by atoms with van der Waals surface area (Å²) >= 11 is 0. The summed E-state index contributed by atoms with van der Waals surface area (Å²) in [7, 11) is 0. The van der Waals surface area contributed by atoms with Gasteiger partial charge < -0.3 is 10.2 Å². The van der Waals surface area contributed by atoms with E-state index in [9.17, 15) is 0 Å². The molecule has 1 N–H and O–H groups in total. The van der Waals surface area contributed by atoms with E-state index in [1.807, 2.05) is 27.7 Å². The molecule has 0 aromatic carbocycles. The van der Waals surface area contributed by atoms with Crippen LogP contribution in [0, 0.1) is 11.8 Å². The fourth-order valence-electron chi connectivity index (χ4n) is 2.50. The second-order valence-corrected chi connectivity index (χ2v) is 5.83. The van der Waals surface area contributed by atoms with Crippen LogP contribution in [0.1, 0.15) is 74.7 Å². The zero-order valence-corrected chi connectivity index (χ0v) is 15.6. The Kier molecular flexibility index (Phi) is 17.0. The molecule has 2 fully saturated rings. The molecule has 124 valence electrons. The molecule has 1 atom stereocenters. The number of hydrogen-bond donors (Lipinski definition) is 1. The average Bonchev–Trinajstić information content (AvgIpc) is 3.17. The first-order chi connectivity index (χ1) is 9.61. The first kappa shape index (κ1) is 22.2. The van der Waals surface area contributed by atoms with Gasteiger partial charge in [0.2, 0.25) is 0 Å². The van der Waals surface area contributed by atoms with E-state index < -0.39 is 0 Å². The fraction of sp³-hybridized carbons (Fsp3) is 1.00. The van der Waals surface area contributed by atoms with Crippen LogP contribution in [0.3, 0.4) is 0 Å². The normalized spacial score (nSPS) is 21.6. The molecule has 2 aliphatic heterocycles. The number of likely N-dealkylation sites (tertiary alicyclic amines) is 1. The smallest absolute Gasteiger partial charge is 0.00385 e. The van der Waals surface area contributed by atoms with Crippen molar-refractivity contribution < 1.29 is 0 Å². The topological polar surface area (TPSA) is 15.3 Å². The number of nitrogens with zero attached hydrogens (tertiary/aromatic N) is 1. The number of nitrogens with one attached hydrogen (secondary N) is 1. The van der Waals surface area contributed by atoms with Crippen molar-refractivity contribution in [3.8, 4) is 0 Å². The van der Waals surface area contributed by atoms with E-state index in [1.165, 1.54) is 45.4 Å². The van der Waals surface area contributed by atoms with E-state index in [4.69, 9.17) is 0 Å². The van der Waals surface area contributed by atoms with Crippen LogP contribution in [0.4, 0.5) is 0 Å². The third-order valence-corrected chi connectivity index (χ3v) is 3.91. The lowest BCUT2D eigenvalue weighted by Crippen LogP contribution is -2.26. The van der Waals surface area contributed by atoms with Crippen LogP contribution in [0.15, 0.2) is 0 Å². The number of rotatable bonds is 2. The van der Waals surface area contributed by atoms with Gasteiger partial charge in [0.15, 0.2) is 0 Å². The van der Waals surface area contributed by atoms with Crippen molar-refractivity contribution in [3.05, 3.63) is 0 Å². The first-order valence-corrected chi connectivity index (χ1v) is 9.06. The van der Waals surface area contributed by atoms with Gasteiger partial charge >= 0.3 is 0 Å². The lowest BCUT2D eigenvalue weighted by molar-refractivity contribution is 0.276. The van der Waals surface area contributed by atoms with Gasteiger partial charge in [-0.3, -0.25) is 0 Å². The SMILES string of the molecule is CC.CC.CC(C)C1CCNC1.CC(C)N1CCCC1. The lowest BCUT2D eigenvalue weighted by atomic mass is 9.96. The van der Waals surface area contributed by atoms with Crippen molar-refractivity contribution >= 4 is 0 Å². The van der Waals surface area contributed by atoms with Crippen LogP contribution in [-0.2, 0) is 0 Å². The quantitative estimate of drug-likeness (QED) is 0.785. The predicted octanol–water partition coefficient (Wildman–Crippen LogP) is 4.79. The summed E-state index contributed by atoms with van der Waals surface area (Å²) in [5.74, 6) is 1.83. The van der Waals surface area contributed by atoms with E-state index in [0.29, 0.717) is 0 Å². The molecule has 2 heteroatoms. The van der Waals surface area contributed by atoms with Gasteiger partial charge in [-0.05, 0) is 71.1 Å². The molecule has 0 aliphatic carbocycles. The molecule has 0 aromatic rings. The molecule has 2 rings (SSSR count). The van der Waals surface area contributed by atoms with Gasteiger partial charge in [-0.1, -0.05) is 41.5 Å². The first-order valence-electron chi connectivity index (χ1n) is 9.06. The summed E-state index contributed by atoms with van der Waals surface area (Å²) in [5.41, 5.74) is 0. The fourth-order valence-corrected chi connectivity index (χ4v) is 2.50. The second-order valence-electron chi connectivity index (χ2n) is 5.83. The largest absolute Gasteiger partial charge is 0.316 e. The zero-order chi connectivity index (χ0) is 16.0. The van der Waals surface area contributed by atoms with Gasteiger partial charge in [0.25, 0.3) is 0 Å². The Bertz CT molecular complexity index is 146. The van der Waals surface area contributed by atoms with Crippen molar-refractivity contribution in [2.75, 3.05) is 26.2 Å². The molecule has 0 amide bonds. The van der Waals surface area contributed by atoms with Crippen LogP contribution in [0.25, 0.3) is 0 Å². The molecule has 0 aromatic heterocycles. The molecule has 20 heavy (non-hydrogen) atoms. The van der Waals surface area contributed by atoms with Crippen molar-refractivity contribution in [2.24, 2.45) is 11.8 Å². The van der Waals surface area contributed by atoms with E-state index in [1.54, 1.807) is 0 Å². The molecule has 2 saturated heterocycles. The highest BCUT2D eigenvalue weighted by Crippen LogP contribution is 2.16. The van der Waals surface area contributed by atoms with E-state index in [-0.39, 0.29) is 0 Å². The molecule has 2 aliphatic rings. The molecular weight excluding hydrogens is 244 g/mol. The molecule has 0 spiro atoms. The maximum absolute atomic E-state index is 3.35. The van der Waals surface area contributed by atoms with Gasteiger partial charge in [0.1, 0.15) is 0 Å². The van der Waals surface area contributed by atoms with Crippen LogP contribution in [0.2, 0.25) is 0 Å². The molecular formula is C18H42N2. The maximum atomic E-state index is 3.35. The van der Waals surface area contributed by atoms with Crippen LogP contribution in [-0.4, -0.2) is 37.1 Å². The summed E-state index contributed by atoms with van der Waals surface area (Å²) in [6.45, 7) is 22.3. The highest BCUT2D eigenvalue weighted by molar-refractivity contribution is 4.73. The lowest BCUT2D eigenvalue weighted by Gasteiger charge is -2.18. The Hall–Kier alpha value is -0.0800. The standard InChI is InChI=1S/2C7H15N.2C2H6/c1-6(2)7-3-4-8-5-7;1-7(2)8-5-3-4-6-8;2*1-2/h6-8H,3-5H2,1-2H3;7H,3-6H2,1-2H3;2*1-2H3. The summed E-state index contributed by atoms with van der Waals surface area (Å²) in [5, 5.41) is 3.35. The molecule has 0 radical (unpaired) electrons. The monoisotopic (exact) mass is 286 g/mol. The van der Waals surface area contributed by atoms with Crippen LogP contribution >= 0.6 is 0 Å². The van der Waals surface area contributed by atoms with Crippen molar-refractivity contribution in [1.29, 1.82) is 0 Å². The highest BCUT2D eigenvalue weighted by Gasteiger charge is 2.16.